The van der Waals surface area contributed by atoms with Gasteiger partial charge in [0.25, 0.3) is 0 Å². The summed E-state index contributed by atoms with van der Waals surface area (Å²) in [5.41, 5.74) is 0.341. The van der Waals surface area contributed by atoms with Crippen molar-refractivity contribution in [3.63, 3.8) is 0 Å². The number of rotatable bonds is 6. The van der Waals surface area contributed by atoms with Crippen LogP contribution in [0, 0.1) is 11.6 Å². The van der Waals surface area contributed by atoms with E-state index in [9.17, 15) is 8.78 Å². The maximum Gasteiger partial charge on any atom is 0.205 e. The highest BCUT2D eigenvalue weighted by Gasteiger charge is 2.13. The van der Waals surface area contributed by atoms with E-state index in [1.807, 2.05) is 11.8 Å². The van der Waals surface area contributed by atoms with E-state index in [0.717, 1.165) is 12.6 Å². The van der Waals surface area contributed by atoms with Gasteiger partial charge in [-0.3, -0.25) is 0 Å². The van der Waals surface area contributed by atoms with Crippen LogP contribution in [0.5, 0.6) is 0 Å². The SMILES string of the molecule is CCN(CCOC)c1nc(-c2cc(F)cc(F)c2)ns1. The minimum Gasteiger partial charge on any atom is -0.383 e. The number of nitrogens with zero attached hydrogens (tertiary/aromatic N) is 3. The lowest BCUT2D eigenvalue weighted by Gasteiger charge is -2.18. The Hall–Kier alpha value is -1.60. The van der Waals surface area contributed by atoms with E-state index in [4.69, 9.17) is 4.74 Å². The number of likely N-dealkylation sites (N-methyl/N-ethyl adjacent to an activating group) is 1. The van der Waals surface area contributed by atoms with Crippen molar-refractivity contribution in [1.29, 1.82) is 0 Å². The first-order chi connectivity index (χ1) is 9.63. The average Bonchev–Trinajstić information content (AvgIpc) is 2.88. The maximum absolute atomic E-state index is 13.2. The number of halogens is 2. The Morgan fingerprint density at radius 2 is 1.95 bits per heavy atom. The number of methoxy groups -OCH3 is 1. The van der Waals surface area contributed by atoms with Crippen LogP contribution in [0.15, 0.2) is 18.2 Å². The molecule has 0 aliphatic heterocycles. The molecule has 0 spiro atoms. The molecule has 0 aliphatic rings. The fourth-order valence-corrected chi connectivity index (χ4v) is 2.51. The zero-order chi connectivity index (χ0) is 14.5. The predicted octanol–water partition coefficient (Wildman–Crippen LogP) is 2.96. The third-order valence-electron chi connectivity index (χ3n) is 2.75. The molecule has 4 nitrogen and oxygen atoms in total. The van der Waals surface area contributed by atoms with Crippen LogP contribution >= 0.6 is 11.5 Å². The van der Waals surface area contributed by atoms with E-state index in [1.165, 1.54) is 23.7 Å². The Morgan fingerprint density at radius 3 is 2.55 bits per heavy atom. The van der Waals surface area contributed by atoms with Gasteiger partial charge in [0.15, 0.2) is 5.82 Å². The van der Waals surface area contributed by atoms with E-state index in [2.05, 4.69) is 9.36 Å². The minimum absolute atomic E-state index is 0.333. The summed E-state index contributed by atoms with van der Waals surface area (Å²) in [6.07, 6.45) is 0. The van der Waals surface area contributed by atoms with Crippen molar-refractivity contribution >= 4 is 16.7 Å². The van der Waals surface area contributed by atoms with Crippen molar-refractivity contribution in [2.75, 3.05) is 31.7 Å². The molecule has 0 amide bonds. The lowest BCUT2D eigenvalue weighted by atomic mass is 10.2. The topological polar surface area (TPSA) is 38.2 Å². The molecule has 108 valence electrons. The number of ether oxygens (including phenoxy) is 1. The van der Waals surface area contributed by atoms with Crippen molar-refractivity contribution in [3.8, 4) is 11.4 Å². The molecule has 1 aromatic heterocycles. The maximum atomic E-state index is 13.2. The molecular formula is C13H15F2N3OS. The number of aromatic nitrogens is 2. The number of benzene rings is 1. The van der Waals surface area contributed by atoms with Gasteiger partial charge in [0.2, 0.25) is 5.13 Å². The summed E-state index contributed by atoms with van der Waals surface area (Å²) in [4.78, 5) is 6.33. The van der Waals surface area contributed by atoms with Crippen LogP contribution in [0.3, 0.4) is 0 Å². The van der Waals surface area contributed by atoms with Crippen LogP contribution in [-0.2, 0) is 4.74 Å². The summed E-state index contributed by atoms with van der Waals surface area (Å²) in [7, 11) is 1.63. The summed E-state index contributed by atoms with van der Waals surface area (Å²) in [5.74, 6) is -0.939. The van der Waals surface area contributed by atoms with Crippen LogP contribution in [0.2, 0.25) is 0 Å². The second-order valence-electron chi connectivity index (χ2n) is 4.13. The van der Waals surface area contributed by atoms with Gasteiger partial charge in [-0.05, 0) is 19.1 Å². The Balaban J connectivity index is 2.23. The van der Waals surface area contributed by atoms with Crippen molar-refractivity contribution in [2.24, 2.45) is 0 Å². The molecule has 0 saturated carbocycles. The van der Waals surface area contributed by atoms with E-state index in [1.54, 1.807) is 7.11 Å². The quantitative estimate of drug-likeness (QED) is 0.822. The van der Waals surface area contributed by atoms with Gasteiger partial charge in [-0.1, -0.05) is 0 Å². The average molecular weight is 299 g/mol. The summed E-state index contributed by atoms with van der Waals surface area (Å²) >= 11 is 1.20. The van der Waals surface area contributed by atoms with Crippen LogP contribution in [-0.4, -0.2) is 36.2 Å². The molecule has 2 aromatic rings. The Bertz CT molecular complexity index is 556. The summed E-state index contributed by atoms with van der Waals surface area (Å²) < 4.78 is 35.6. The molecule has 20 heavy (non-hydrogen) atoms. The Morgan fingerprint density at radius 1 is 1.25 bits per heavy atom. The van der Waals surface area contributed by atoms with E-state index < -0.39 is 11.6 Å². The molecule has 1 aromatic carbocycles. The van der Waals surface area contributed by atoms with Crippen molar-refractivity contribution in [2.45, 2.75) is 6.92 Å². The van der Waals surface area contributed by atoms with Gasteiger partial charge in [-0.15, -0.1) is 0 Å². The van der Waals surface area contributed by atoms with Gasteiger partial charge in [-0.2, -0.15) is 9.36 Å². The molecular weight excluding hydrogens is 284 g/mol. The van der Waals surface area contributed by atoms with Gasteiger partial charge >= 0.3 is 0 Å². The van der Waals surface area contributed by atoms with Gasteiger partial charge in [0.1, 0.15) is 11.6 Å². The van der Waals surface area contributed by atoms with Gasteiger partial charge < -0.3 is 9.64 Å². The van der Waals surface area contributed by atoms with Crippen LogP contribution in [0.25, 0.3) is 11.4 Å². The molecule has 0 fully saturated rings. The van der Waals surface area contributed by atoms with E-state index >= 15 is 0 Å². The zero-order valence-electron chi connectivity index (χ0n) is 11.3. The molecule has 0 saturated heterocycles. The molecule has 0 N–H and O–H groups in total. The number of hydrogen-bond acceptors (Lipinski definition) is 5. The fourth-order valence-electron chi connectivity index (χ4n) is 1.73. The van der Waals surface area contributed by atoms with E-state index in [0.29, 0.717) is 29.7 Å². The predicted molar refractivity (Wildman–Crippen MR) is 75.0 cm³/mol. The van der Waals surface area contributed by atoms with Crippen molar-refractivity contribution in [3.05, 3.63) is 29.8 Å². The Labute approximate surface area is 120 Å². The second kappa shape index (κ2) is 6.71. The second-order valence-corrected chi connectivity index (χ2v) is 4.86. The first-order valence-corrected chi connectivity index (χ1v) is 6.95. The smallest absolute Gasteiger partial charge is 0.205 e. The minimum atomic E-state index is -0.636. The first kappa shape index (κ1) is 14.8. The largest absolute Gasteiger partial charge is 0.383 e. The summed E-state index contributed by atoms with van der Waals surface area (Å²) in [5, 5.41) is 0.712. The molecule has 0 bridgehead atoms. The Kier molecular flexibility index (Phi) is 4.97. The molecule has 7 heteroatoms. The summed E-state index contributed by atoms with van der Waals surface area (Å²) in [6, 6.07) is 3.27. The van der Waals surface area contributed by atoms with Crippen LogP contribution < -0.4 is 4.90 Å². The molecule has 0 atom stereocenters. The highest BCUT2D eigenvalue weighted by molar-refractivity contribution is 7.09. The lowest BCUT2D eigenvalue weighted by Crippen LogP contribution is -2.26. The fraction of sp³-hybridized carbons (Fsp3) is 0.385. The molecule has 2 rings (SSSR count). The normalized spacial score (nSPS) is 10.8. The first-order valence-electron chi connectivity index (χ1n) is 6.18. The number of hydrogen-bond donors (Lipinski definition) is 0. The van der Waals surface area contributed by atoms with Crippen molar-refractivity contribution in [1.82, 2.24) is 9.36 Å². The van der Waals surface area contributed by atoms with Crippen molar-refractivity contribution < 1.29 is 13.5 Å². The third-order valence-corrected chi connectivity index (χ3v) is 3.53. The molecule has 1 heterocycles. The third kappa shape index (κ3) is 3.49. The number of anilines is 1. The van der Waals surface area contributed by atoms with E-state index in [-0.39, 0.29) is 0 Å². The molecule has 0 unspecified atom stereocenters. The van der Waals surface area contributed by atoms with Gasteiger partial charge in [0.05, 0.1) is 6.61 Å². The molecule has 0 radical (unpaired) electrons. The van der Waals surface area contributed by atoms with Gasteiger partial charge in [0, 0.05) is 43.4 Å². The van der Waals surface area contributed by atoms with Crippen LogP contribution in [0.4, 0.5) is 13.9 Å². The zero-order valence-corrected chi connectivity index (χ0v) is 12.1. The van der Waals surface area contributed by atoms with Crippen LogP contribution in [0.1, 0.15) is 6.92 Å². The standard InChI is InChI=1S/C13H15F2N3OS/c1-3-18(4-5-19-2)13-16-12(17-20-13)9-6-10(14)8-11(15)7-9/h6-8H,3-5H2,1-2H3. The monoisotopic (exact) mass is 299 g/mol. The lowest BCUT2D eigenvalue weighted by molar-refractivity contribution is 0.205. The summed E-state index contributed by atoms with van der Waals surface area (Å²) in [6.45, 7) is 4.03. The van der Waals surface area contributed by atoms with Gasteiger partial charge in [-0.25, -0.2) is 8.78 Å². The highest BCUT2D eigenvalue weighted by Crippen LogP contribution is 2.25. The highest BCUT2D eigenvalue weighted by atomic mass is 32.1. The molecule has 0 aliphatic carbocycles.